The Kier molecular flexibility index (Phi) is 6.01. The van der Waals surface area contributed by atoms with Crippen LogP contribution in [-0.4, -0.2) is 49.7 Å². The van der Waals surface area contributed by atoms with E-state index in [-0.39, 0.29) is 37.0 Å². The highest BCUT2D eigenvalue weighted by atomic mass is 32.2. The lowest BCUT2D eigenvalue weighted by atomic mass is 10.1. The topological polar surface area (TPSA) is 82.4 Å². The molecular formula is C20H17F3N4O3S2. The summed E-state index contributed by atoms with van der Waals surface area (Å²) in [6, 6.07) is 9.26. The minimum atomic E-state index is -4.42. The van der Waals surface area contributed by atoms with E-state index < -0.39 is 21.8 Å². The largest absolute Gasteiger partial charge is 0.416 e. The fourth-order valence-electron chi connectivity index (χ4n) is 3.33. The van der Waals surface area contributed by atoms with Gasteiger partial charge in [-0.2, -0.15) is 26.2 Å². The summed E-state index contributed by atoms with van der Waals surface area (Å²) in [7, 11) is -3.79. The number of amides is 1. The van der Waals surface area contributed by atoms with E-state index in [1.807, 2.05) is 0 Å². The number of alkyl halides is 3. The smallest absolute Gasteiger partial charge is 0.337 e. The van der Waals surface area contributed by atoms with Crippen molar-refractivity contribution < 1.29 is 26.4 Å². The molecule has 0 bridgehead atoms. The number of piperazine rings is 1. The Balaban J connectivity index is 1.38. The van der Waals surface area contributed by atoms with Crippen LogP contribution >= 0.6 is 0 Å². The summed E-state index contributed by atoms with van der Waals surface area (Å²) in [5.41, 5.74) is 0.536. The van der Waals surface area contributed by atoms with E-state index in [0.29, 0.717) is 16.9 Å². The molecule has 0 radical (unpaired) electrons. The first-order chi connectivity index (χ1) is 15.2. The van der Waals surface area contributed by atoms with Crippen LogP contribution in [0.15, 0.2) is 62.2 Å². The molecule has 12 heteroatoms. The summed E-state index contributed by atoms with van der Waals surface area (Å²) in [5.74, 6) is -0.340. The second kappa shape index (κ2) is 8.60. The molecule has 0 saturated carbocycles. The average Bonchev–Trinajstić information content (AvgIpc) is 3.26. The number of hydrogen-bond acceptors (Lipinski definition) is 5. The van der Waals surface area contributed by atoms with Crippen LogP contribution < -0.4 is 0 Å². The van der Waals surface area contributed by atoms with Crippen LogP contribution in [0.2, 0.25) is 0 Å². The number of sulfonamides is 1. The predicted molar refractivity (Wildman–Crippen MR) is 114 cm³/mol. The van der Waals surface area contributed by atoms with Crippen molar-refractivity contribution in [2.45, 2.75) is 11.1 Å². The minimum Gasteiger partial charge on any atom is -0.337 e. The maximum Gasteiger partial charge on any atom is 0.416 e. The fraction of sp³-hybridized carbons (Fsp3) is 0.250. The van der Waals surface area contributed by atoms with Gasteiger partial charge in [-0.15, -0.1) is 0 Å². The molecule has 0 N–H and O–H groups in total. The Morgan fingerprint density at radius 3 is 2.34 bits per heavy atom. The zero-order valence-electron chi connectivity index (χ0n) is 16.5. The number of nitrogens with zero attached hydrogens (tertiary/aromatic N) is 4. The van der Waals surface area contributed by atoms with Gasteiger partial charge in [0.2, 0.25) is 15.9 Å². The quantitative estimate of drug-likeness (QED) is 0.528. The van der Waals surface area contributed by atoms with Crippen molar-refractivity contribution in [1.82, 2.24) is 9.21 Å². The van der Waals surface area contributed by atoms with Gasteiger partial charge >= 0.3 is 6.18 Å². The molecule has 1 saturated heterocycles. The molecule has 1 fully saturated rings. The van der Waals surface area contributed by atoms with E-state index in [1.54, 1.807) is 12.1 Å². The van der Waals surface area contributed by atoms with Gasteiger partial charge in [-0.05, 0) is 35.9 Å². The summed E-state index contributed by atoms with van der Waals surface area (Å²) >= 11 is 0.940. The number of rotatable bonds is 4. The monoisotopic (exact) mass is 482 g/mol. The molecule has 4 rings (SSSR count). The van der Waals surface area contributed by atoms with Crippen molar-refractivity contribution in [2.24, 2.45) is 8.73 Å². The maximum absolute atomic E-state index is 13.0. The van der Waals surface area contributed by atoms with Crippen LogP contribution in [0.1, 0.15) is 11.1 Å². The molecule has 0 aliphatic carbocycles. The number of carbonyl (C=O) groups excluding carboxylic acids is 1. The first kappa shape index (κ1) is 22.4. The van der Waals surface area contributed by atoms with Crippen LogP contribution in [0.3, 0.4) is 0 Å². The molecule has 2 aromatic carbocycles. The van der Waals surface area contributed by atoms with Gasteiger partial charge < -0.3 is 4.90 Å². The van der Waals surface area contributed by atoms with Crippen molar-refractivity contribution in [3.8, 4) is 0 Å². The highest BCUT2D eigenvalue weighted by molar-refractivity contribution is 7.89. The first-order valence-corrected chi connectivity index (χ1v) is 11.7. The molecule has 0 aromatic heterocycles. The molecule has 7 nitrogen and oxygen atoms in total. The molecule has 2 aromatic rings. The van der Waals surface area contributed by atoms with Crippen molar-refractivity contribution in [3.63, 3.8) is 0 Å². The Morgan fingerprint density at radius 1 is 1.00 bits per heavy atom. The lowest BCUT2D eigenvalue weighted by Gasteiger charge is -2.33. The molecule has 1 amide bonds. The Hall–Kier alpha value is -2.83. The molecule has 0 atom stereocenters. The Morgan fingerprint density at radius 2 is 1.69 bits per heavy atom. The van der Waals surface area contributed by atoms with E-state index in [9.17, 15) is 26.4 Å². The van der Waals surface area contributed by atoms with E-state index in [0.717, 1.165) is 23.5 Å². The third kappa shape index (κ3) is 4.52. The van der Waals surface area contributed by atoms with E-state index in [4.69, 9.17) is 0 Å². The first-order valence-electron chi connectivity index (χ1n) is 9.52. The van der Waals surface area contributed by atoms with Crippen LogP contribution in [0.4, 0.5) is 24.5 Å². The summed E-state index contributed by atoms with van der Waals surface area (Å²) in [5, 5.41) is 0. The number of benzene rings is 2. The van der Waals surface area contributed by atoms with E-state index >= 15 is 0 Å². The molecule has 2 aliphatic heterocycles. The third-order valence-electron chi connectivity index (χ3n) is 5.07. The van der Waals surface area contributed by atoms with Gasteiger partial charge in [0.1, 0.15) is 16.3 Å². The number of hydrogen-bond donors (Lipinski definition) is 0. The zero-order chi connectivity index (χ0) is 22.9. The molecule has 0 unspecified atom stereocenters. The van der Waals surface area contributed by atoms with Gasteiger partial charge in [0.25, 0.3) is 0 Å². The van der Waals surface area contributed by atoms with Crippen molar-refractivity contribution in [1.29, 1.82) is 0 Å². The van der Waals surface area contributed by atoms with Crippen LogP contribution in [0.5, 0.6) is 0 Å². The van der Waals surface area contributed by atoms with E-state index in [1.165, 1.54) is 39.6 Å². The SMILES string of the molecule is O=C(/C=C/c1ccc(C(F)(F)F)cc1)N1CCN(S(=O)(=O)c2cccc3c2N=S=N3)CC1. The van der Waals surface area contributed by atoms with Crippen LogP contribution in [-0.2, 0) is 32.3 Å². The number of fused-ring (bicyclic) bond motifs is 1. The van der Waals surface area contributed by atoms with Gasteiger partial charge in [-0.3, -0.25) is 4.79 Å². The van der Waals surface area contributed by atoms with Gasteiger partial charge in [-0.1, -0.05) is 18.2 Å². The van der Waals surface area contributed by atoms with Gasteiger partial charge in [0.05, 0.1) is 16.9 Å². The summed E-state index contributed by atoms with van der Waals surface area (Å²) < 4.78 is 73.4. The van der Waals surface area contributed by atoms with Gasteiger partial charge in [0, 0.05) is 32.3 Å². The molecule has 2 heterocycles. The molecule has 168 valence electrons. The Labute approximate surface area is 186 Å². The Bertz CT molecular complexity index is 1240. The molecule has 0 spiro atoms. The summed E-state index contributed by atoms with van der Waals surface area (Å²) in [4.78, 5) is 14.0. The number of carbonyl (C=O) groups is 1. The van der Waals surface area contributed by atoms with Crippen molar-refractivity contribution >= 4 is 44.7 Å². The second-order valence-corrected chi connectivity index (χ2v) is 9.51. The standard InChI is InChI=1S/C20H17F3N4O3S2/c21-20(22,23)15-7-4-14(5-8-15)6-9-18(28)26-10-12-27(13-11-26)32(29,30)17-3-1-2-16-19(17)25-31-24-16/h1-9H,10-13H2/b9-6+. The minimum absolute atomic E-state index is 0.0886. The zero-order valence-corrected chi connectivity index (χ0v) is 18.1. The summed E-state index contributed by atoms with van der Waals surface area (Å²) in [6.07, 6.45) is -1.71. The number of halogens is 3. The van der Waals surface area contributed by atoms with E-state index in [2.05, 4.69) is 8.73 Å². The van der Waals surface area contributed by atoms with Gasteiger partial charge in [0.15, 0.2) is 0 Å². The highest BCUT2D eigenvalue weighted by Gasteiger charge is 2.33. The maximum atomic E-state index is 13.0. The predicted octanol–water partition coefficient (Wildman–Crippen LogP) is 3.98. The normalized spacial score (nSPS) is 16.9. The molecule has 32 heavy (non-hydrogen) atoms. The fourth-order valence-corrected chi connectivity index (χ4v) is 5.51. The third-order valence-corrected chi connectivity index (χ3v) is 7.55. The average molecular weight is 483 g/mol. The van der Waals surface area contributed by atoms with Crippen molar-refractivity contribution in [2.75, 3.05) is 26.2 Å². The van der Waals surface area contributed by atoms with Crippen LogP contribution in [0.25, 0.3) is 6.08 Å². The van der Waals surface area contributed by atoms with Crippen LogP contribution in [0, 0.1) is 0 Å². The lowest BCUT2D eigenvalue weighted by Crippen LogP contribution is -2.50. The molecular weight excluding hydrogens is 465 g/mol. The highest BCUT2D eigenvalue weighted by Crippen LogP contribution is 2.38. The molecule has 2 aliphatic rings. The van der Waals surface area contributed by atoms with Gasteiger partial charge in [-0.25, -0.2) is 8.42 Å². The summed E-state index contributed by atoms with van der Waals surface area (Å²) in [6.45, 7) is 0.633. The second-order valence-electron chi connectivity index (χ2n) is 7.07. The van der Waals surface area contributed by atoms with Crippen molar-refractivity contribution in [3.05, 3.63) is 59.7 Å². The lowest BCUT2D eigenvalue weighted by molar-refractivity contribution is -0.137.